The van der Waals surface area contributed by atoms with E-state index in [-0.39, 0.29) is 25.0 Å². The van der Waals surface area contributed by atoms with Gasteiger partial charge in [0.1, 0.15) is 23.3 Å². The standard InChI is InChI=1S/C30H35ClN2O5/c1-30(2,3)32-29(35)27(15-21-11-7-6-8-12-21)33(19-22-13-9-10-14-26(22)31)28(34)20-38-25-17-23(36-4)16-24(18-25)37-5/h6-14,16-18,27H,15,19-20H2,1-5H3,(H,32,35)/t27-/m1/s1. The smallest absolute Gasteiger partial charge is 0.261 e. The lowest BCUT2D eigenvalue weighted by Gasteiger charge is -2.34. The molecule has 0 spiro atoms. The summed E-state index contributed by atoms with van der Waals surface area (Å²) in [6.07, 6.45) is 0.325. The molecule has 202 valence electrons. The van der Waals surface area contributed by atoms with E-state index in [0.29, 0.717) is 28.7 Å². The lowest BCUT2D eigenvalue weighted by Crippen LogP contribution is -2.55. The Balaban J connectivity index is 1.95. The summed E-state index contributed by atoms with van der Waals surface area (Å²) in [6.45, 7) is 5.56. The highest BCUT2D eigenvalue weighted by molar-refractivity contribution is 6.31. The Morgan fingerprint density at radius 2 is 1.47 bits per heavy atom. The molecule has 0 bridgehead atoms. The first-order valence-corrected chi connectivity index (χ1v) is 12.7. The largest absolute Gasteiger partial charge is 0.496 e. The average Bonchev–Trinajstić information content (AvgIpc) is 2.89. The van der Waals surface area contributed by atoms with Gasteiger partial charge in [0.2, 0.25) is 5.91 Å². The van der Waals surface area contributed by atoms with Crippen LogP contribution in [0.1, 0.15) is 31.9 Å². The molecular formula is C30H35ClN2O5. The highest BCUT2D eigenvalue weighted by Gasteiger charge is 2.32. The number of carbonyl (C=O) groups excluding carboxylic acids is 2. The molecule has 3 rings (SSSR count). The number of nitrogens with zero attached hydrogens (tertiary/aromatic N) is 1. The van der Waals surface area contributed by atoms with Gasteiger partial charge in [-0.3, -0.25) is 9.59 Å². The first-order chi connectivity index (χ1) is 18.1. The van der Waals surface area contributed by atoms with Crippen LogP contribution in [-0.2, 0) is 22.6 Å². The molecule has 0 saturated carbocycles. The van der Waals surface area contributed by atoms with E-state index in [4.69, 9.17) is 25.8 Å². The van der Waals surface area contributed by atoms with Gasteiger partial charge in [-0.25, -0.2) is 0 Å². The Hall–Kier alpha value is -3.71. The molecule has 2 amide bonds. The molecule has 0 aliphatic heterocycles. The summed E-state index contributed by atoms with van der Waals surface area (Å²) in [7, 11) is 3.08. The number of hydrogen-bond acceptors (Lipinski definition) is 5. The van der Waals surface area contributed by atoms with E-state index in [9.17, 15) is 9.59 Å². The number of rotatable bonds is 11. The van der Waals surface area contributed by atoms with Crippen molar-refractivity contribution in [1.29, 1.82) is 0 Å². The van der Waals surface area contributed by atoms with E-state index in [1.807, 2.05) is 69.3 Å². The normalized spacial score (nSPS) is 11.8. The summed E-state index contributed by atoms with van der Waals surface area (Å²) < 4.78 is 16.5. The molecule has 38 heavy (non-hydrogen) atoms. The van der Waals surface area contributed by atoms with E-state index in [1.165, 1.54) is 19.1 Å². The monoisotopic (exact) mass is 538 g/mol. The summed E-state index contributed by atoms with van der Waals surface area (Å²) in [4.78, 5) is 28.9. The van der Waals surface area contributed by atoms with Crippen LogP contribution < -0.4 is 19.5 Å². The molecule has 0 heterocycles. The molecule has 0 saturated heterocycles. The number of amides is 2. The number of hydrogen-bond donors (Lipinski definition) is 1. The number of ether oxygens (including phenoxy) is 3. The van der Waals surface area contributed by atoms with Gasteiger partial charge in [-0.2, -0.15) is 0 Å². The van der Waals surface area contributed by atoms with Gasteiger partial charge >= 0.3 is 0 Å². The molecule has 3 aromatic rings. The second-order valence-electron chi connectivity index (χ2n) is 9.89. The minimum Gasteiger partial charge on any atom is -0.496 e. The Morgan fingerprint density at radius 3 is 2.05 bits per heavy atom. The molecule has 0 fully saturated rings. The molecule has 1 N–H and O–H groups in total. The fraction of sp³-hybridized carbons (Fsp3) is 0.333. The molecular weight excluding hydrogens is 504 g/mol. The number of carbonyl (C=O) groups is 2. The number of nitrogens with one attached hydrogen (secondary N) is 1. The molecule has 0 aliphatic carbocycles. The molecule has 3 aromatic carbocycles. The van der Waals surface area contributed by atoms with E-state index in [1.54, 1.807) is 24.3 Å². The van der Waals surface area contributed by atoms with Crippen LogP contribution in [0.3, 0.4) is 0 Å². The quantitative estimate of drug-likeness (QED) is 0.359. The second-order valence-corrected chi connectivity index (χ2v) is 10.3. The Labute approximate surface area is 229 Å². The van der Waals surface area contributed by atoms with Crippen LogP contribution in [0.15, 0.2) is 72.8 Å². The predicted molar refractivity (Wildman–Crippen MR) is 149 cm³/mol. The van der Waals surface area contributed by atoms with Crippen LogP contribution in [0.4, 0.5) is 0 Å². The minimum absolute atomic E-state index is 0.137. The van der Waals surface area contributed by atoms with Gasteiger partial charge in [0, 0.05) is 41.7 Å². The molecule has 8 heteroatoms. The fourth-order valence-electron chi connectivity index (χ4n) is 3.91. The third kappa shape index (κ3) is 8.42. The van der Waals surface area contributed by atoms with E-state index in [2.05, 4.69) is 5.32 Å². The Kier molecular flexibility index (Phi) is 10.0. The fourth-order valence-corrected chi connectivity index (χ4v) is 4.11. The number of halogens is 1. The molecule has 0 unspecified atom stereocenters. The lowest BCUT2D eigenvalue weighted by atomic mass is 10.0. The minimum atomic E-state index is -0.802. The third-order valence-corrected chi connectivity index (χ3v) is 6.12. The molecule has 0 aliphatic rings. The third-order valence-electron chi connectivity index (χ3n) is 5.76. The Bertz CT molecular complexity index is 1200. The first-order valence-electron chi connectivity index (χ1n) is 12.3. The van der Waals surface area contributed by atoms with Gasteiger partial charge in [-0.1, -0.05) is 60.1 Å². The summed E-state index contributed by atoms with van der Waals surface area (Å²) in [6, 6.07) is 21.1. The van der Waals surface area contributed by atoms with Gasteiger partial charge < -0.3 is 24.4 Å². The zero-order valence-electron chi connectivity index (χ0n) is 22.5. The Morgan fingerprint density at radius 1 is 0.895 bits per heavy atom. The summed E-state index contributed by atoms with van der Waals surface area (Å²) in [5, 5.41) is 3.55. The van der Waals surface area contributed by atoms with E-state index < -0.39 is 11.6 Å². The van der Waals surface area contributed by atoms with Gasteiger partial charge in [0.15, 0.2) is 6.61 Å². The van der Waals surface area contributed by atoms with E-state index in [0.717, 1.165) is 11.1 Å². The van der Waals surface area contributed by atoms with Crippen LogP contribution in [0.2, 0.25) is 5.02 Å². The van der Waals surface area contributed by atoms with Crippen LogP contribution in [0, 0.1) is 0 Å². The molecule has 7 nitrogen and oxygen atoms in total. The van der Waals surface area contributed by atoms with Gasteiger partial charge in [0.25, 0.3) is 5.91 Å². The van der Waals surface area contributed by atoms with Crippen LogP contribution >= 0.6 is 11.6 Å². The summed E-state index contributed by atoms with van der Waals surface area (Å²) in [5.74, 6) is 0.852. The van der Waals surface area contributed by atoms with Crippen molar-refractivity contribution in [3.8, 4) is 17.2 Å². The molecule has 1 atom stereocenters. The van der Waals surface area contributed by atoms with Gasteiger partial charge in [0.05, 0.1) is 14.2 Å². The summed E-state index contributed by atoms with van der Waals surface area (Å²) >= 11 is 6.47. The summed E-state index contributed by atoms with van der Waals surface area (Å²) in [5.41, 5.74) is 1.17. The van der Waals surface area contributed by atoms with Crippen molar-refractivity contribution in [2.24, 2.45) is 0 Å². The zero-order chi connectivity index (χ0) is 27.7. The SMILES string of the molecule is COc1cc(OC)cc(OCC(=O)N(Cc2ccccc2Cl)[C@H](Cc2ccccc2)C(=O)NC(C)(C)C)c1. The first kappa shape index (κ1) is 28.9. The molecule has 0 aromatic heterocycles. The van der Waals surface area contributed by atoms with Crippen molar-refractivity contribution in [3.05, 3.63) is 88.9 Å². The highest BCUT2D eigenvalue weighted by atomic mass is 35.5. The highest BCUT2D eigenvalue weighted by Crippen LogP contribution is 2.28. The maximum atomic E-state index is 13.8. The van der Waals surface area contributed by atoms with Crippen LogP contribution in [0.25, 0.3) is 0 Å². The zero-order valence-corrected chi connectivity index (χ0v) is 23.2. The van der Waals surface area contributed by atoms with Crippen molar-refractivity contribution >= 4 is 23.4 Å². The molecule has 0 radical (unpaired) electrons. The van der Waals surface area contributed by atoms with Crippen LogP contribution in [-0.4, -0.2) is 49.1 Å². The topological polar surface area (TPSA) is 77.1 Å². The van der Waals surface area contributed by atoms with Crippen molar-refractivity contribution in [2.75, 3.05) is 20.8 Å². The lowest BCUT2D eigenvalue weighted by molar-refractivity contribution is -0.143. The maximum Gasteiger partial charge on any atom is 0.261 e. The maximum absolute atomic E-state index is 13.8. The average molecular weight is 539 g/mol. The predicted octanol–water partition coefficient (Wildman–Crippen LogP) is 5.29. The van der Waals surface area contributed by atoms with Crippen molar-refractivity contribution in [3.63, 3.8) is 0 Å². The second kappa shape index (κ2) is 13.2. The van der Waals surface area contributed by atoms with Crippen LogP contribution in [0.5, 0.6) is 17.2 Å². The van der Waals surface area contributed by atoms with Crippen molar-refractivity contribution < 1.29 is 23.8 Å². The van der Waals surface area contributed by atoms with Gasteiger partial charge in [-0.05, 0) is 38.0 Å². The van der Waals surface area contributed by atoms with Crippen molar-refractivity contribution in [1.82, 2.24) is 10.2 Å². The van der Waals surface area contributed by atoms with Gasteiger partial charge in [-0.15, -0.1) is 0 Å². The van der Waals surface area contributed by atoms with E-state index >= 15 is 0 Å². The number of benzene rings is 3. The van der Waals surface area contributed by atoms with Crippen molar-refractivity contribution in [2.45, 2.75) is 45.3 Å². The number of methoxy groups -OCH3 is 2.